The number of rotatable bonds is 3. The Labute approximate surface area is 93.6 Å². The van der Waals surface area contributed by atoms with Gasteiger partial charge in [0.25, 0.3) is 0 Å². The monoisotopic (exact) mass is 400 g/mol. The molecule has 1 aromatic rings. The van der Waals surface area contributed by atoms with Crippen molar-refractivity contribution < 1.29 is 25.3 Å². The summed E-state index contributed by atoms with van der Waals surface area (Å²) in [5.74, 6) is 0.802. The van der Waals surface area contributed by atoms with E-state index in [1.807, 2.05) is 30.3 Å². The van der Waals surface area contributed by atoms with Gasteiger partial charge in [-0.1, -0.05) is 18.2 Å². The van der Waals surface area contributed by atoms with Crippen molar-refractivity contribution in [3.05, 3.63) is 30.3 Å². The number of hydrogen-bond acceptors (Lipinski definition) is 2. The van der Waals surface area contributed by atoms with Crippen molar-refractivity contribution in [2.45, 2.75) is 0 Å². The minimum atomic E-state index is -0.639. The van der Waals surface area contributed by atoms with Gasteiger partial charge in [-0.3, -0.25) is 0 Å². The van der Waals surface area contributed by atoms with Crippen LogP contribution in [0.3, 0.4) is 0 Å². The maximum absolute atomic E-state index is 8.40. The Kier molecular flexibility index (Phi) is 10.4. The van der Waals surface area contributed by atoms with Gasteiger partial charge in [-0.25, -0.2) is 0 Å². The predicted molar refractivity (Wildman–Crippen MR) is 50.7 cm³/mol. The van der Waals surface area contributed by atoms with Crippen LogP contribution in [0.1, 0.15) is 0 Å². The van der Waals surface area contributed by atoms with Gasteiger partial charge in [0.2, 0.25) is 0 Å². The van der Waals surface area contributed by atoms with E-state index in [2.05, 4.69) is 0 Å². The molecule has 0 unspecified atom stereocenters. The van der Waals surface area contributed by atoms with E-state index >= 15 is 0 Å². The number of aliphatic hydroxyl groups is 1. The van der Waals surface area contributed by atoms with Crippen molar-refractivity contribution in [1.29, 1.82) is 0 Å². The van der Waals surface area contributed by atoms with Gasteiger partial charge in [-0.15, -0.1) is 0 Å². The summed E-state index contributed by atoms with van der Waals surface area (Å²) in [6.45, 7) is 0.429. The van der Waals surface area contributed by atoms with Crippen LogP contribution in [-0.4, -0.2) is 18.3 Å². The number of para-hydroxylation sites is 1. The third-order valence-electron chi connectivity index (χ3n) is 1.10. The third kappa shape index (κ3) is 8.52. The molecule has 0 saturated carbocycles. The summed E-state index contributed by atoms with van der Waals surface area (Å²) in [4.78, 5) is 0. The van der Waals surface area contributed by atoms with E-state index in [1.165, 1.54) is 0 Å². The van der Waals surface area contributed by atoms with Crippen LogP contribution in [0.5, 0.6) is 5.75 Å². The molecule has 0 spiro atoms. The first-order valence-electron chi connectivity index (χ1n) is 3.49. The molecule has 2 nitrogen and oxygen atoms in total. The molecule has 76 valence electrons. The van der Waals surface area contributed by atoms with Crippen LogP contribution in [0.4, 0.5) is 0 Å². The van der Waals surface area contributed by atoms with Crippen molar-refractivity contribution in [3.63, 3.8) is 0 Å². The van der Waals surface area contributed by atoms with E-state index in [1.54, 1.807) is 0 Å². The number of aliphatic hydroxyl groups excluding tert-OH is 1. The Hall–Kier alpha value is 0.196. The first-order chi connectivity index (χ1) is 6.35. The summed E-state index contributed by atoms with van der Waals surface area (Å²) in [6.07, 6.45) is 0. The summed E-state index contributed by atoms with van der Waals surface area (Å²) >= 11 is -0.639. The predicted octanol–water partition coefficient (Wildman–Crippen LogP) is 2.43. The fourth-order valence-corrected chi connectivity index (χ4v) is 0.680. The van der Waals surface area contributed by atoms with Crippen molar-refractivity contribution >= 4 is 19.3 Å². The Bertz CT molecular complexity index is 197. The molecule has 0 aliphatic carbocycles. The molecular weight excluding hydrogens is 389 g/mol. The zero-order valence-electron chi connectivity index (χ0n) is 6.77. The molecule has 0 amide bonds. The molecule has 1 aromatic carbocycles. The first kappa shape index (κ1) is 13.2. The Morgan fingerprint density at radius 2 is 1.77 bits per heavy atom. The van der Waals surface area contributed by atoms with E-state index < -0.39 is 15.4 Å². The van der Waals surface area contributed by atoms with Crippen LogP contribution in [0.25, 0.3) is 0 Å². The molecule has 1 rings (SSSR count). The molecule has 0 aliphatic heterocycles. The molecule has 0 radical (unpaired) electrons. The number of ether oxygens (including phenoxy) is 1. The van der Waals surface area contributed by atoms with Gasteiger partial charge in [0.05, 0.1) is 6.61 Å². The van der Waals surface area contributed by atoms with Crippen LogP contribution >= 0.6 is 19.3 Å². The molecule has 0 aliphatic rings. The van der Waals surface area contributed by atoms with E-state index in [9.17, 15) is 0 Å². The second kappa shape index (κ2) is 10.3. The Morgan fingerprint density at radius 1 is 1.23 bits per heavy atom. The second-order valence-electron chi connectivity index (χ2n) is 1.94. The number of halogens is 2. The minimum absolute atomic E-state index is 0.0644. The summed E-state index contributed by atoms with van der Waals surface area (Å²) in [5, 5.41) is 8.40. The molecule has 13 heavy (non-hydrogen) atoms. The van der Waals surface area contributed by atoms with E-state index in [0.717, 1.165) is 5.75 Å². The van der Waals surface area contributed by atoms with Crippen LogP contribution in [0, 0.1) is 0 Å². The molecule has 0 bridgehead atoms. The molecule has 1 N–H and O–H groups in total. The summed E-state index contributed by atoms with van der Waals surface area (Å²) < 4.78 is 5.11. The van der Waals surface area contributed by atoms with Crippen molar-refractivity contribution in [1.82, 2.24) is 0 Å². The van der Waals surface area contributed by atoms with Crippen LogP contribution in [-0.2, 0) is 15.4 Å². The fraction of sp³-hybridized carbons (Fsp3) is 0.250. The van der Waals surface area contributed by atoms with Gasteiger partial charge in [0.1, 0.15) is 12.4 Å². The van der Waals surface area contributed by atoms with Gasteiger partial charge in [0, 0.05) is 0 Å². The quantitative estimate of drug-likeness (QED) is 0.846. The van der Waals surface area contributed by atoms with Gasteiger partial charge in [-0.2, -0.15) is 0 Å². The number of hydrogen-bond donors (Lipinski definition) is 1. The van der Waals surface area contributed by atoms with Gasteiger partial charge >= 0.3 is 34.7 Å². The molecule has 0 atom stereocenters. The average Bonchev–Trinajstić information content (AvgIpc) is 2.18. The molecular formula is C8H10Cl2O2Os. The normalized spacial score (nSPS) is 8.85. The molecule has 0 fully saturated rings. The summed E-state index contributed by atoms with van der Waals surface area (Å²) in [7, 11) is 9.81. The maximum atomic E-state index is 8.40. The molecule has 0 heterocycles. The van der Waals surface area contributed by atoms with E-state index in [-0.39, 0.29) is 6.61 Å². The van der Waals surface area contributed by atoms with Crippen LogP contribution < -0.4 is 4.74 Å². The third-order valence-corrected chi connectivity index (χ3v) is 1.10. The summed E-state index contributed by atoms with van der Waals surface area (Å²) in [5.41, 5.74) is 0. The van der Waals surface area contributed by atoms with Crippen molar-refractivity contribution in [2.75, 3.05) is 13.2 Å². The zero-order chi connectivity index (χ0) is 9.94. The number of benzene rings is 1. The summed E-state index contributed by atoms with van der Waals surface area (Å²) in [6, 6.07) is 9.43. The van der Waals surface area contributed by atoms with Crippen LogP contribution in [0.2, 0.25) is 0 Å². The fourth-order valence-electron chi connectivity index (χ4n) is 0.680. The standard InChI is InChI=1S/C8H10O2.2ClH.Os/c9-6-7-10-8-4-2-1-3-5-8;;;/h1-5,9H,6-7H2;2*1H;/q;;;+2/p-2. The molecule has 0 aromatic heterocycles. The zero-order valence-corrected chi connectivity index (χ0v) is 10.8. The van der Waals surface area contributed by atoms with Gasteiger partial charge < -0.3 is 9.84 Å². The van der Waals surface area contributed by atoms with Gasteiger partial charge in [-0.05, 0) is 12.1 Å². The SMILES string of the molecule is OCCOc1ccccc1.[Cl][Os][Cl]. The van der Waals surface area contributed by atoms with Crippen LogP contribution in [0.15, 0.2) is 30.3 Å². The first-order valence-corrected chi connectivity index (χ1v) is 9.78. The Morgan fingerprint density at radius 3 is 2.23 bits per heavy atom. The van der Waals surface area contributed by atoms with Gasteiger partial charge in [0.15, 0.2) is 0 Å². The topological polar surface area (TPSA) is 29.5 Å². The van der Waals surface area contributed by atoms with E-state index in [4.69, 9.17) is 29.1 Å². The molecule has 0 saturated heterocycles. The average molecular weight is 399 g/mol. The van der Waals surface area contributed by atoms with E-state index in [0.29, 0.717) is 6.61 Å². The second-order valence-corrected chi connectivity index (χ2v) is 5.61. The van der Waals surface area contributed by atoms with Crippen molar-refractivity contribution in [3.8, 4) is 5.75 Å². The molecule has 5 heteroatoms. The Balaban J connectivity index is 0.000000424. The van der Waals surface area contributed by atoms with Crippen molar-refractivity contribution in [2.24, 2.45) is 0 Å².